The van der Waals surface area contributed by atoms with Crippen LogP contribution in [0.1, 0.15) is 20.8 Å². The zero-order valence-electron chi connectivity index (χ0n) is 11.7. The predicted molar refractivity (Wildman–Crippen MR) is 74.3 cm³/mol. The Bertz CT molecular complexity index is 663. The molecule has 0 spiro atoms. The van der Waals surface area contributed by atoms with Gasteiger partial charge in [0.1, 0.15) is 6.04 Å². The number of nitrogens with one attached hydrogen (secondary N) is 1. The van der Waals surface area contributed by atoms with Crippen LogP contribution in [0.5, 0.6) is 0 Å². The van der Waals surface area contributed by atoms with Gasteiger partial charge in [-0.1, -0.05) is 26.8 Å². The molecule has 0 fully saturated rings. The minimum absolute atomic E-state index is 0.354. The predicted octanol–water partition coefficient (Wildman–Crippen LogP) is 1.37. The number of rotatable bonds is 5. The van der Waals surface area contributed by atoms with Gasteiger partial charge in [0.15, 0.2) is 0 Å². The van der Waals surface area contributed by atoms with Gasteiger partial charge in [0.05, 0.1) is 9.82 Å². The Morgan fingerprint density at radius 1 is 1.38 bits per heavy atom. The maximum Gasteiger partial charge on any atom is 0.322 e. The Morgan fingerprint density at radius 2 is 1.95 bits per heavy atom. The molecule has 8 nitrogen and oxygen atoms in total. The second-order valence-electron chi connectivity index (χ2n) is 5.51. The molecule has 0 aliphatic carbocycles. The number of hydrogen-bond acceptors (Lipinski definition) is 5. The number of nitro groups is 1. The topological polar surface area (TPSA) is 127 Å². The molecule has 0 radical (unpaired) electrons. The van der Waals surface area contributed by atoms with Crippen LogP contribution in [0.15, 0.2) is 29.2 Å². The van der Waals surface area contributed by atoms with Crippen LogP contribution in [-0.2, 0) is 14.8 Å². The third-order valence-electron chi connectivity index (χ3n) is 2.72. The second-order valence-corrected chi connectivity index (χ2v) is 7.23. The molecular weight excluding hydrogens is 300 g/mol. The quantitative estimate of drug-likeness (QED) is 0.624. The monoisotopic (exact) mass is 316 g/mol. The first kappa shape index (κ1) is 17.1. The van der Waals surface area contributed by atoms with Crippen LogP contribution in [0.25, 0.3) is 0 Å². The number of carboxylic acid groups (broad SMARTS) is 1. The number of carbonyl (C=O) groups is 1. The largest absolute Gasteiger partial charge is 0.480 e. The van der Waals surface area contributed by atoms with E-state index in [0.29, 0.717) is 0 Å². The lowest BCUT2D eigenvalue weighted by Gasteiger charge is -2.27. The smallest absolute Gasteiger partial charge is 0.322 e. The summed E-state index contributed by atoms with van der Waals surface area (Å²) in [5.74, 6) is -1.32. The zero-order chi connectivity index (χ0) is 16.4. The molecule has 1 rings (SSSR count). The van der Waals surface area contributed by atoms with Crippen LogP contribution in [0.2, 0.25) is 0 Å². The maximum atomic E-state index is 12.2. The van der Waals surface area contributed by atoms with E-state index >= 15 is 0 Å². The minimum atomic E-state index is -4.18. The summed E-state index contributed by atoms with van der Waals surface area (Å²) in [6, 6.07) is 3.06. The molecule has 9 heteroatoms. The van der Waals surface area contributed by atoms with E-state index in [1.807, 2.05) is 0 Å². The molecule has 0 aliphatic heterocycles. The fraction of sp³-hybridized carbons (Fsp3) is 0.417. The Kier molecular flexibility index (Phi) is 4.69. The number of benzene rings is 1. The van der Waals surface area contributed by atoms with E-state index in [1.54, 1.807) is 20.8 Å². The number of hydrogen-bond donors (Lipinski definition) is 2. The number of carboxylic acids is 1. The number of sulfonamides is 1. The van der Waals surface area contributed by atoms with Crippen LogP contribution in [0, 0.1) is 15.5 Å². The van der Waals surface area contributed by atoms with Crippen molar-refractivity contribution in [3.05, 3.63) is 34.4 Å². The molecule has 0 aliphatic rings. The van der Waals surface area contributed by atoms with Crippen LogP contribution in [0.3, 0.4) is 0 Å². The first-order valence-corrected chi connectivity index (χ1v) is 7.43. The van der Waals surface area contributed by atoms with Gasteiger partial charge in [-0.05, 0) is 11.5 Å². The molecule has 1 atom stereocenters. The van der Waals surface area contributed by atoms with Crippen LogP contribution < -0.4 is 4.72 Å². The number of aliphatic carboxylic acids is 1. The van der Waals surface area contributed by atoms with Crippen molar-refractivity contribution in [2.45, 2.75) is 31.7 Å². The van der Waals surface area contributed by atoms with Crippen molar-refractivity contribution in [3.63, 3.8) is 0 Å². The highest BCUT2D eigenvalue weighted by Gasteiger charge is 2.35. The van der Waals surface area contributed by atoms with Gasteiger partial charge in [0, 0.05) is 12.1 Å². The lowest BCUT2D eigenvalue weighted by molar-refractivity contribution is -0.385. The molecule has 0 aromatic heterocycles. The van der Waals surface area contributed by atoms with Crippen molar-refractivity contribution in [3.8, 4) is 0 Å². The average molecular weight is 316 g/mol. The Balaban J connectivity index is 3.20. The number of nitro benzene ring substituents is 1. The van der Waals surface area contributed by atoms with Crippen molar-refractivity contribution in [1.82, 2.24) is 4.72 Å². The summed E-state index contributed by atoms with van der Waals surface area (Å²) in [7, 11) is -4.18. The third kappa shape index (κ3) is 4.23. The molecule has 0 saturated heterocycles. The molecule has 21 heavy (non-hydrogen) atoms. The highest BCUT2D eigenvalue weighted by atomic mass is 32.2. The van der Waals surface area contributed by atoms with Crippen molar-refractivity contribution >= 4 is 21.7 Å². The highest BCUT2D eigenvalue weighted by Crippen LogP contribution is 2.23. The second kappa shape index (κ2) is 5.78. The summed E-state index contributed by atoms with van der Waals surface area (Å²) in [6.07, 6.45) is 0. The van der Waals surface area contributed by atoms with Crippen molar-refractivity contribution in [2.75, 3.05) is 0 Å². The van der Waals surface area contributed by atoms with Gasteiger partial charge < -0.3 is 5.11 Å². The van der Waals surface area contributed by atoms with Crippen LogP contribution in [-0.4, -0.2) is 30.5 Å². The average Bonchev–Trinajstić information content (AvgIpc) is 2.34. The lowest BCUT2D eigenvalue weighted by atomic mass is 9.88. The molecule has 0 amide bonds. The highest BCUT2D eigenvalue weighted by molar-refractivity contribution is 7.89. The van der Waals surface area contributed by atoms with E-state index in [-0.39, 0.29) is 10.6 Å². The molecule has 116 valence electrons. The van der Waals surface area contributed by atoms with E-state index in [0.717, 1.165) is 18.2 Å². The van der Waals surface area contributed by atoms with Crippen molar-refractivity contribution < 1.29 is 23.2 Å². The van der Waals surface area contributed by atoms with E-state index < -0.39 is 32.4 Å². The van der Waals surface area contributed by atoms with Gasteiger partial charge in [-0.3, -0.25) is 14.9 Å². The van der Waals surface area contributed by atoms with Gasteiger partial charge in [-0.2, -0.15) is 4.72 Å². The molecule has 0 saturated carbocycles. The van der Waals surface area contributed by atoms with Gasteiger partial charge in [-0.25, -0.2) is 8.42 Å². The summed E-state index contributed by atoms with van der Waals surface area (Å²) in [5.41, 5.74) is -1.25. The lowest BCUT2D eigenvalue weighted by Crippen LogP contribution is -2.48. The summed E-state index contributed by atoms with van der Waals surface area (Å²) < 4.78 is 26.4. The van der Waals surface area contributed by atoms with E-state index in [1.165, 1.54) is 6.07 Å². The van der Waals surface area contributed by atoms with E-state index in [2.05, 4.69) is 4.72 Å². The minimum Gasteiger partial charge on any atom is -0.480 e. The third-order valence-corrected chi connectivity index (χ3v) is 4.15. The molecule has 0 bridgehead atoms. The molecule has 0 heterocycles. The van der Waals surface area contributed by atoms with Gasteiger partial charge in [0.25, 0.3) is 5.69 Å². The standard InChI is InChI=1S/C12H16N2O6S/c1-12(2,3)10(11(15)16)13-21(19,20)9-6-4-5-8(7-9)14(17)18/h4-7,10,13H,1-3H3,(H,15,16)/t10-/m0/s1. The molecule has 2 N–H and O–H groups in total. The molecule has 0 unspecified atom stereocenters. The van der Waals surface area contributed by atoms with Crippen LogP contribution in [0.4, 0.5) is 5.69 Å². The molecule has 1 aromatic carbocycles. The zero-order valence-corrected chi connectivity index (χ0v) is 12.5. The molecular formula is C12H16N2O6S. The summed E-state index contributed by atoms with van der Waals surface area (Å²) in [6.45, 7) is 4.71. The van der Waals surface area contributed by atoms with Crippen molar-refractivity contribution in [1.29, 1.82) is 0 Å². The Labute approximate surface area is 122 Å². The van der Waals surface area contributed by atoms with E-state index in [4.69, 9.17) is 5.11 Å². The van der Waals surface area contributed by atoms with Crippen molar-refractivity contribution in [2.24, 2.45) is 5.41 Å². The SMILES string of the molecule is CC(C)(C)[C@@H](NS(=O)(=O)c1cccc([N+](=O)[O-])c1)C(=O)O. The Hall–Kier alpha value is -2.00. The molecule has 1 aromatic rings. The Morgan fingerprint density at radius 3 is 2.38 bits per heavy atom. The fourth-order valence-corrected chi connectivity index (χ4v) is 3.02. The van der Waals surface area contributed by atoms with Gasteiger partial charge in [-0.15, -0.1) is 0 Å². The summed E-state index contributed by atoms with van der Waals surface area (Å²) in [4.78, 5) is 20.8. The summed E-state index contributed by atoms with van der Waals surface area (Å²) >= 11 is 0. The van der Waals surface area contributed by atoms with Gasteiger partial charge >= 0.3 is 5.97 Å². The van der Waals surface area contributed by atoms with E-state index in [9.17, 15) is 23.3 Å². The summed E-state index contributed by atoms with van der Waals surface area (Å²) in [5, 5.41) is 19.8. The van der Waals surface area contributed by atoms with Crippen LogP contribution >= 0.6 is 0 Å². The van der Waals surface area contributed by atoms with Gasteiger partial charge in [0.2, 0.25) is 10.0 Å². The number of non-ortho nitro benzene ring substituents is 1. The normalized spacial score (nSPS) is 13.7. The first-order valence-electron chi connectivity index (χ1n) is 5.95. The fourth-order valence-electron chi connectivity index (χ4n) is 1.59. The first-order chi connectivity index (χ1) is 9.45. The maximum absolute atomic E-state index is 12.2. The number of nitrogens with zero attached hydrogens (tertiary/aromatic N) is 1.